The van der Waals surface area contributed by atoms with E-state index in [1.807, 2.05) is 45.0 Å². The molecule has 0 spiro atoms. The van der Waals surface area contributed by atoms with Gasteiger partial charge >= 0.3 is 0 Å². The molecule has 2 heterocycles. The van der Waals surface area contributed by atoms with Crippen LogP contribution in [0.4, 0.5) is 5.69 Å². The standard InChI is InChI=1S/C16H19N5O2/c1-9(2)13-8-14(23-21-13)16(22)18-12-6-4-11(5-7-12)15-17-10(3)19-20-15/h4-7,9,14H,8H2,1-3H3,(H,18,22)(H,17,19,20). The maximum absolute atomic E-state index is 12.2. The molecule has 0 fully saturated rings. The summed E-state index contributed by atoms with van der Waals surface area (Å²) in [6, 6.07) is 7.36. The highest BCUT2D eigenvalue weighted by atomic mass is 16.6. The van der Waals surface area contributed by atoms with Gasteiger partial charge in [-0.15, -0.1) is 0 Å². The number of nitrogens with one attached hydrogen (secondary N) is 2. The van der Waals surface area contributed by atoms with Crippen LogP contribution in [0.5, 0.6) is 0 Å². The number of aromatic amines is 1. The summed E-state index contributed by atoms with van der Waals surface area (Å²) in [7, 11) is 0. The average molecular weight is 313 g/mol. The number of hydrogen-bond acceptors (Lipinski definition) is 5. The van der Waals surface area contributed by atoms with Crippen LogP contribution in [0.25, 0.3) is 11.4 Å². The number of H-pyrrole nitrogens is 1. The molecule has 1 atom stereocenters. The van der Waals surface area contributed by atoms with Gasteiger partial charge in [-0.1, -0.05) is 19.0 Å². The molecule has 1 amide bonds. The van der Waals surface area contributed by atoms with Crippen molar-refractivity contribution in [2.75, 3.05) is 5.32 Å². The first kappa shape index (κ1) is 15.2. The molecule has 1 aliphatic heterocycles. The summed E-state index contributed by atoms with van der Waals surface area (Å²) in [6.45, 7) is 5.91. The number of benzene rings is 1. The van der Waals surface area contributed by atoms with Gasteiger partial charge in [-0.3, -0.25) is 9.89 Å². The summed E-state index contributed by atoms with van der Waals surface area (Å²) in [6.07, 6.45) is -0.0133. The summed E-state index contributed by atoms with van der Waals surface area (Å²) in [5.74, 6) is 1.49. The lowest BCUT2D eigenvalue weighted by Gasteiger charge is -2.10. The summed E-state index contributed by atoms with van der Waals surface area (Å²) < 4.78 is 0. The molecule has 3 rings (SSSR count). The van der Waals surface area contributed by atoms with Crippen LogP contribution in [-0.2, 0) is 9.63 Å². The van der Waals surface area contributed by atoms with Crippen LogP contribution >= 0.6 is 0 Å². The van der Waals surface area contributed by atoms with Gasteiger partial charge in [0.05, 0.1) is 5.71 Å². The molecule has 1 aromatic heterocycles. The highest BCUT2D eigenvalue weighted by Gasteiger charge is 2.29. The zero-order chi connectivity index (χ0) is 16.4. The topological polar surface area (TPSA) is 92.3 Å². The van der Waals surface area contributed by atoms with Crippen LogP contribution in [0.2, 0.25) is 0 Å². The van der Waals surface area contributed by atoms with E-state index in [2.05, 4.69) is 25.7 Å². The molecule has 0 aliphatic carbocycles. The Kier molecular flexibility index (Phi) is 4.10. The van der Waals surface area contributed by atoms with Crippen LogP contribution in [0.3, 0.4) is 0 Å². The van der Waals surface area contributed by atoms with E-state index in [4.69, 9.17) is 4.84 Å². The van der Waals surface area contributed by atoms with Crippen molar-refractivity contribution in [2.24, 2.45) is 11.1 Å². The Bertz CT molecular complexity index is 733. The Balaban J connectivity index is 1.62. The van der Waals surface area contributed by atoms with Crippen molar-refractivity contribution in [3.8, 4) is 11.4 Å². The molecular weight excluding hydrogens is 294 g/mol. The highest BCUT2D eigenvalue weighted by molar-refractivity contribution is 5.99. The molecular formula is C16H19N5O2. The number of oxime groups is 1. The van der Waals surface area contributed by atoms with E-state index in [9.17, 15) is 4.79 Å². The minimum Gasteiger partial charge on any atom is -0.382 e. The number of amides is 1. The normalized spacial score (nSPS) is 17.0. The molecule has 0 saturated carbocycles. The Morgan fingerprint density at radius 3 is 2.65 bits per heavy atom. The number of rotatable bonds is 4. The van der Waals surface area contributed by atoms with E-state index in [0.29, 0.717) is 17.9 Å². The molecule has 2 aromatic rings. The van der Waals surface area contributed by atoms with Gasteiger partial charge in [0, 0.05) is 17.7 Å². The number of aromatic nitrogens is 3. The number of carbonyl (C=O) groups is 1. The Hall–Kier alpha value is -2.70. The molecule has 0 radical (unpaired) electrons. The first-order valence-electron chi connectivity index (χ1n) is 7.56. The molecule has 7 nitrogen and oxygen atoms in total. The van der Waals surface area contributed by atoms with E-state index >= 15 is 0 Å². The van der Waals surface area contributed by atoms with Gasteiger partial charge in [-0.25, -0.2) is 4.98 Å². The summed E-state index contributed by atoms with van der Waals surface area (Å²) in [4.78, 5) is 21.7. The smallest absolute Gasteiger partial charge is 0.268 e. The van der Waals surface area contributed by atoms with Gasteiger partial charge in [0.15, 0.2) is 5.82 Å². The molecule has 1 aliphatic rings. The third-order valence-corrected chi connectivity index (χ3v) is 3.66. The van der Waals surface area contributed by atoms with E-state index in [0.717, 1.165) is 17.1 Å². The lowest BCUT2D eigenvalue weighted by molar-refractivity contribution is -0.125. The predicted octanol–water partition coefficient (Wildman–Crippen LogP) is 2.52. The first-order chi connectivity index (χ1) is 11.0. The van der Waals surface area contributed by atoms with Crippen molar-refractivity contribution in [1.82, 2.24) is 15.2 Å². The van der Waals surface area contributed by atoms with Gasteiger partial charge in [0.2, 0.25) is 6.10 Å². The zero-order valence-corrected chi connectivity index (χ0v) is 13.3. The van der Waals surface area contributed by atoms with Gasteiger partial charge in [0.25, 0.3) is 5.91 Å². The van der Waals surface area contributed by atoms with E-state index in [1.165, 1.54) is 0 Å². The molecule has 1 aromatic carbocycles. The maximum atomic E-state index is 12.2. The molecule has 1 unspecified atom stereocenters. The minimum atomic E-state index is -0.553. The predicted molar refractivity (Wildman–Crippen MR) is 86.9 cm³/mol. The molecule has 23 heavy (non-hydrogen) atoms. The van der Waals surface area contributed by atoms with Gasteiger partial charge in [-0.05, 0) is 37.1 Å². The van der Waals surface area contributed by atoms with Crippen molar-refractivity contribution in [3.05, 3.63) is 30.1 Å². The average Bonchev–Trinajstić information content (AvgIpc) is 3.17. The lowest BCUT2D eigenvalue weighted by atomic mass is 10.0. The van der Waals surface area contributed by atoms with Gasteiger partial charge in [0.1, 0.15) is 5.82 Å². The minimum absolute atomic E-state index is 0.189. The van der Waals surface area contributed by atoms with Gasteiger partial charge in [-0.2, -0.15) is 5.10 Å². The zero-order valence-electron chi connectivity index (χ0n) is 13.3. The fourth-order valence-electron chi connectivity index (χ4n) is 2.27. The molecule has 2 N–H and O–H groups in total. The van der Waals surface area contributed by atoms with E-state index in [-0.39, 0.29) is 11.8 Å². The summed E-state index contributed by atoms with van der Waals surface area (Å²) in [5, 5.41) is 13.7. The van der Waals surface area contributed by atoms with E-state index in [1.54, 1.807) is 0 Å². The van der Waals surface area contributed by atoms with Crippen molar-refractivity contribution < 1.29 is 9.63 Å². The van der Waals surface area contributed by atoms with Crippen LogP contribution in [-0.4, -0.2) is 32.9 Å². The van der Waals surface area contributed by atoms with Crippen molar-refractivity contribution >= 4 is 17.3 Å². The molecule has 0 bridgehead atoms. The second-order valence-corrected chi connectivity index (χ2v) is 5.85. The summed E-state index contributed by atoms with van der Waals surface area (Å²) >= 11 is 0. The van der Waals surface area contributed by atoms with Crippen LogP contribution in [0.1, 0.15) is 26.1 Å². The number of hydrogen-bond donors (Lipinski definition) is 2. The monoisotopic (exact) mass is 313 g/mol. The second-order valence-electron chi connectivity index (χ2n) is 5.85. The first-order valence-corrected chi connectivity index (χ1v) is 7.56. The number of carbonyl (C=O) groups excluding carboxylic acids is 1. The Labute approximate surface area is 134 Å². The number of anilines is 1. The molecule has 7 heteroatoms. The highest BCUT2D eigenvalue weighted by Crippen LogP contribution is 2.20. The van der Waals surface area contributed by atoms with Crippen molar-refractivity contribution in [2.45, 2.75) is 33.3 Å². The van der Waals surface area contributed by atoms with E-state index < -0.39 is 6.10 Å². The number of aryl methyl sites for hydroxylation is 1. The van der Waals surface area contributed by atoms with Crippen LogP contribution in [0, 0.1) is 12.8 Å². The molecule has 0 saturated heterocycles. The fourth-order valence-corrected chi connectivity index (χ4v) is 2.27. The van der Waals surface area contributed by atoms with Gasteiger partial charge < -0.3 is 10.2 Å². The Morgan fingerprint density at radius 2 is 2.09 bits per heavy atom. The van der Waals surface area contributed by atoms with Crippen LogP contribution in [0.15, 0.2) is 29.4 Å². The fraction of sp³-hybridized carbons (Fsp3) is 0.375. The second kappa shape index (κ2) is 6.20. The van der Waals surface area contributed by atoms with Crippen molar-refractivity contribution in [3.63, 3.8) is 0 Å². The van der Waals surface area contributed by atoms with Crippen LogP contribution < -0.4 is 5.32 Å². The molecule has 120 valence electrons. The third-order valence-electron chi connectivity index (χ3n) is 3.66. The van der Waals surface area contributed by atoms with Crippen molar-refractivity contribution in [1.29, 1.82) is 0 Å². The summed E-state index contributed by atoms with van der Waals surface area (Å²) in [5.41, 5.74) is 2.50. The third kappa shape index (κ3) is 3.39. The maximum Gasteiger partial charge on any atom is 0.268 e. The largest absolute Gasteiger partial charge is 0.382 e. The quantitative estimate of drug-likeness (QED) is 0.907. The Morgan fingerprint density at radius 1 is 1.35 bits per heavy atom. The lowest BCUT2D eigenvalue weighted by Crippen LogP contribution is -2.28. The number of nitrogens with zero attached hydrogens (tertiary/aromatic N) is 3. The SMILES string of the molecule is Cc1nc(-c2ccc(NC(=O)C3CC(C(C)C)=NO3)cc2)n[nH]1.